The average Bonchev–Trinajstić information content (AvgIpc) is 2.49. The van der Waals surface area contributed by atoms with Crippen LogP contribution in [-0.2, 0) is 14.9 Å². The molecule has 1 aliphatic rings. The fourth-order valence-electron chi connectivity index (χ4n) is 2.39. The lowest BCUT2D eigenvalue weighted by Gasteiger charge is -2.27. The molecule has 1 fully saturated rings. The summed E-state index contributed by atoms with van der Waals surface area (Å²) in [6, 6.07) is 5.68. The zero-order valence-corrected chi connectivity index (χ0v) is 15.7. The third kappa shape index (κ3) is 6.12. The highest BCUT2D eigenvalue weighted by atomic mass is 35.5. The third-order valence-electron chi connectivity index (χ3n) is 3.86. The standard InChI is InChI=1S/C16H22Cl2N2O2.ClH/c1-16(2,11-3-4-13(17)14(18)7-11)10-20-15(21)8-12-9-22-6-5-19-12;/h3-4,7,12,19H,5-6,8-10H2,1-2H3,(H,20,21);1H. The van der Waals surface area contributed by atoms with Crippen LogP contribution in [0.5, 0.6) is 0 Å². The molecule has 1 atom stereocenters. The number of morpholine rings is 1. The highest BCUT2D eigenvalue weighted by molar-refractivity contribution is 6.42. The molecule has 0 aromatic heterocycles. The quantitative estimate of drug-likeness (QED) is 0.823. The Kier molecular flexibility index (Phi) is 8.11. The second-order valence-corrected chi connectivity index (χ2v) is 7.03. The minimum Gasteiger partial charge on any atom is -0.378 e. The van der Waals surface area contributed by atoms with Gasteiger partial charge in [-0.1, -0.05) is 43.1 Å². The molecule has 0 aliphatic carbocycles. The predicted molar refractivity (Wildman–Crippen MR) is 97.0 cm³/mol. The van der Waals surface area contributed by atoms with E-state index in [1.165, 1.54) is 0 Å². The minimum absolute atomic E-state index is 0. The summed E-state index contributed by atoms with van der Waals surface area (Å²) in [7, 11) is 0. The van der Waals surface area contributed by atoms with E-state index in [0.717, 1.165) is 12.1 Å². The Morgan fingerprint density at radius 3 is 2.74 bits per heavy atom. The largest absolute Gasteiger partial charge is 0.378 e. The van der Waals surface area contributed by atoms with Crippen molar-refractivity contribution in [3.63, 3.8) is 0 Å². The summed E-state index contributed by atoms with van der Waals surface area (Å²) in [5.41, 5.74) is 0.821. The first-order chi connectivity index (χ1) is 10.4. The van der Waals surface area contributed by atoms with E-state index in [1.54, 1.807) is 6.07 Å². The molecular weight excluding hydrogens is 359 g/mol. The molecule has 1 aromatic rings. The SMILES string of the molecule is CC(C)(CNC(=O)CC1COCCN1)c1ccc(Cl)c(Cl)c1.Cl. The van der Waals surface area contributed by atoms with Gasteiger partial charge in [0.25, 0.3) is 0 Å². The molecule has 1 heterocycles. The first-order valence-corrected chi connectivity index (χ1v) is 8.17. The van der Waals surface area contributed by atoms with Crippen LogP contribution in [0.1, 0.15) is 25.8 Å². The van der Waals surface area contributed by atoms with Crippen LogP contribution in [0.2, 0.25) is 10.0 Å². The van der Waals surface area contributed by atoms with Gasteiger partial charge < -0.3 is 15.4 Å². The Morgan fingerprint density at radius 1 is 1.39 bits per heavy atom. The second kappa shape index (κ2) is 9.09. The van der Waals surface area contributed by atoms with Crippen LogP contribution in [0.25, 0.3) is 0 Å². The molecule has 4 nitrogen and oxygen atoms in total. The van der Waals surface area contributed by atoms with Gasteiger partial charge in [-0.15, -0.1) is 12.4 Å². The molecule has 0 spiro atoms. The molecule has 1 unspecified atom stereocenters. The number of amides is 1. The summed E-state index contributed by atoms with van der Waals surface area (Å²) in [5, 5.41) is 7.33. The normalized spacial score (nSPS) is 18.2. The smallest absolute Gasteiger partial charge is 0.221 e. The van der Waals surface area contributed by atoms with Crippen LogP contribution < -0.4 is 10.6 Å². The molecule has 1 amide bonds. The average molecular weight is 382 g/mol. The molecule has 0 radical (unpaired) electrons. The number of ether oxygens (including phenoxy) is 1. The van der Waals surface area contributed by atoms with E-state index in [2.05, 4.69) is 24.5 Å². The van der Waals surface area contributed by atoms with Crippen molar-refractivity contribution in [3.05, 3.63) is 33.8 Å². The summed E-state index contributed by atoms with van der Waals surface area (Å²) in [6.07, 6.45) is 0.428. The van der Waals surface area contributed by atoms with Gasteiger partial charge in [-0.2, -0.15) is 0 Å². The minimum atomic E-state index is -0.222. The Labute approximate surface area is 153 Å². The van der Waals surface area contributed by atoms with E-state index < -0.39 is 0 Å². The number of halogens is 3. The molecular formula is C16H23Cl3N2O2. The summed E-state index contributed by atoms with van der Waals surface area (Å²) in [6.45, 7) is 6.76. The van der Waals surface area contributed by atoms with Crippen molar-refractivity contribution in [2.24, 2.45) is 0 Å². The van der Waals surface area contributed by atoms with Crippen LogP contribution in [-0.4, -0.2) is 38.3 Å². The first kappa shape index (κ1) is 20.5. The van der Waals surface area contributed by atoms with Crippen LogP contribution in [0.4, 0.5) is 0 Å². The van der Waals surface area contributed by atoms with Crippen LogP contribution in [0.3, 0.4) is 0 Å². The maximum absolute atomic E-state index is 12.1. The van der Waals surface area contributed by atoms with Gasteiger partial charge >= 0.3 is 0 Å². The first-order valence-electron chi connectivity index (χ1n) is 7.42. The number of carbonyl (C=O) groups excluding carboxylic acids is 1. The highest BCUT2D eigenvalue weighted by Gasteiger charge is 2.23. The van der Waals surface area contributed by atoms with Gasteiger partial charge in [0.15, 0.2) is 0 Å². The molecule has 1 aromatic carbocycles. The molecule has 0 bridgehead atoms. The van der Waals surface area contributed by atoms with E-state index >= 15 is 0 Å². The van der Waals surface area contributed by atoms with Gasteiger partial charge in [0, 0.05) is 31.0 Å². The molecule has 1 aliphatic heterocycles. The number of hydrogen-bond acceptors (Lipinski definition) is 3. The van der Waals surface area contributed by atoms with Gasteiger partial charge in [-0.25, -0.2) is 0 Å². The number of benzene rings is 1. The van der Waals surface area contributed by atoms with Crippen LogP contribution in [0.15, 0.2) is 18.2 Å². The lowest BCUT2D eigenvalue weighted by atomic mass is 9.84. The Hall–Kier alpha value is -0.520. The van der Waals surface area contributed by atoms with Crippen molar-refractivity contribution in [2.75, 3.05) is 26.3 Å². The van der Waals surface area contributed by atoms with Gasteiger partial charge in [-0.3, -0.25) is 4.79 Å². The zero-order valence-electron chi connectivity index (χ0n) is 13.3. The van der Waals surface area contributed by atoms with Crippen molar-refractivity contribution in [3.8, 4) is 0 Å². The molecule has 2 N–H and O–H groups in total. The number of hydrogen-bond donors (Lipinski definition) is 2. The Morgan fingerprint density at radius 2 is 2.13 bits per heavy atom. The van der Waals surface area contributed by atoms with Crippen molar-refractivity contribution in [2.45, 2.75) is 31.7 Å². The fraction of sp³-hybridized carbons (Fsp3) is 0.562. The van der Waals surface area contributed by atoms with E-state index in [-0.39, 0.29) is 29.8 Å². The van der Waals surface area contributed by atoms with E-state index in [1.807, 2.05) is 12.1 Å². The van der Waals surface area contributed by atoms with Gasteiger partial charge in [-0.05, 0) is 17.7 Å². The zero-order chi connectivity index (χ0) is 16.2. The number of carbonyl (C=O) groups is 1. The fourth-order valence-corrected chi connectivity index (χ4v) is 2.68. The van der Waals surface area contributed by atoms with Gasteiger partial charge in [0.1, 0.15) is 0 Å². The van der Waals surface area contributed by atoms with Crippen molar-refractivity contribution >= 4 is 41.5 Å². The molecule has 7 heteroatoms. The monoisotopic (exact) mass is 380 g/mol. The van der Waals surface area contributed by atoms with Gasteiger partial charge in [0.2, 0.25) is 5.91 Å². The van der Waals surface area contributed by atoms with E-state index in [0.29, 0.717) is 36.2 Å². The third-order valence-corrected chi connectivity index (χ3v) is 4.60. The highest BCUT2D eigenvalue weighted by Crippen LogP contribution is 2.29. The maximum Gasteiger partial charge on any atom is 0.221 e. The van der Waals surface area contributed by atoms with Crippen molar-refractivity contribution < 1.29 is 9.53 Å². The molecule has 130 valence electrons. The second-order valence-electron chi connectivity index (χ2n) is 6.22. The molecule has 0 saturated carbocycles. The Balaban J connectivity index is 0.00000264. The predicted octanol–water partition coefficient (Wildman–Crippen LogP) is 3.19. The Bertz CT molecular complexity index is 532. The lowest BCUT2D eigenvalue weighted by molar-refractivity contribution is -0.122. The summed E-state index contributed by atoms with van der Waals surface area (Å²) in [5.74, 6) is 0.0242. The summed E-state index contributed by atoms with van der Waals surface area (Å²) >= 11 is 12.0. The topological polar surface area (TPSA) is 50.4 Å². The van der Waals surface area contributed by atoms with E-state index in [9.17, 15) is 4.79 Å². The van der Waals surface area contributed by atoms with Crippen molar-refractivity contribution in [1.82, 2.24) is 10.6 Å². The van der Waals surface area contributed by atoms with Gasteiger partial charge in [0.05, 0.1) is 23.3 Å². The van der Waals surface area contributed by atoms with Crippen LogP contribution >= 0.6 is 35.6 Å². The number of nitrogens with one attached hydrogen (secondary N) is 2. The van der Waals surface area contributed by atoms with E-state index in [4.69, 9.17) is 27.9 Å². The maximum atomic E-state index is 12.1. The molecule has 23 heavy (non-hydrogen) atoms. The number of rotatable bonds is 5. The lowest BCUT2D eigenvalue weighted by Crippen LogP contribution is -2.45. The molecule has 1 saturated heterocycles. The summed E-state index contributed by atoms with van der Waals surface area (Å²) in [4.78, 5) is 12.1. The summed E-state index contributed by atoms with van der Waals surface area (Å²) < 4.78 is 5.35. The molecule has 2 rings (SSSR count). The van der Waals surface area contributed by atoms with Crippen LogP contribution in [0, 0.1) is 0 Å². The van der Waals surface area contributed by atoms with Crippen molar-refractivity contribution in [1.29, 1.82) is 0 Å².